The van der Waals surface area contributed by atoms with E-state index in [2.05, 4.69) is 24.1 Å². The molecule has 0 amide bonds. The molecule has 0 aliphatic heterocycles. The van der Waals surface area contributed by atoms with E-state index in [1.54, 1.807) is 13.2 Å². The molecule has 2 atom stereocenters. The summed E-state index contributed by atoms with van der Waals surface area (Å²) in [5, 5.41) is 12.1. The van der Waals surface area contributed by atoms with E-state index in [0.717, 1.165) is 6.42 Å². The van der Waals surface area contributed by atoms with Gasteiger partial charge in [-0.1, -0.05) is 13.8 Å². The maximum absolute atomic E-state index is 8.76. The molecule has 1 aromatic rings. The first-order valence-corrected chi connectivity index (χ1v) is 5.94. The first-order valence-electron chi connectivity index (χ1n) is 5.94. The highest BCUT2D eigenvalue weighted by molar-refractivity contribution is 5.63. The van der Waals surface area contributed by atoms with Gasteiger partial charge >= 0.3 is 0 Å². The number of nitriles is 1. The number of nitrogen functional groups attached to an aromatic ring is 1. The van der Waals surface area contributed by atoms with Crippen LogP contribution in [0, 0.1) is 16.7 Å². The second-order valence-electron chi connectivity index (χ2n) is 5.25. The minimum absolute atomic E-state index is 0.0524. The van der Waals surface area contributed by atoms with Gasteiger partial charge in [0.2, 0.25) is 0 Å². The van der Waals surface area contributed by atoms with Crippen molar-refractivity contribution in [3.05, 3.63) is 17.8 Å². The number of anilines is 2. The van der Waals surface area contributed by atoms with Crippen molar-refractivity contribution in [1.82, 2.24) is 4.98 Å². The maximum atomic E-state index is 8.76. The summed E-state index contributed by atoms with van der Waals surface area (Å²) in [6.45, 7) is 4.31. The van der Waals surface area contributed by atoms with Gasteiger partial charge in [0.25, 0.3) is 0 Å². The van der Waals surface area contributed by atoms with Gasteiger partial charge in [-0.05, 0) is 12.5 Å². The Kier molecular flexibility index (Phi) is 3.14. The van der Waals surface area contributed by atoms with Crippen molar-refractivity contribution in [2.24, 2.45) is 5.41 Å². The molecule has 1 aliphatic carbocycles. The fraction of sp³-hybridized carbons (Fsp3) is 0.538. The first-order chi connectivity index (χ1) is 8.48. The fourth-order valence-corrected chi connectivity index (χ4v) is 2.36. The van der Waals surface area contributed by atoms with Gasteiger partial charge in [-0.15, -0.1) is 0 Å². The predicted molar refractivity (Wildman–Crippen MR) is 70.0 cm³/mol. The van der Waals surface area contributed by atoms with Gasteiger partial charge in [-0.25, -0.2) is 4.98 Å². The molecule has 2 unspecified atom stereocenters. The molecule has 0 aromatic carbocycles. The lowest BCUT2D eigenvalue weighted by Gasteiger charge is -2.51. The van der Waals surface area contributed by atoms with Gasteiger partial charge in [-0.3, -0.25) is 0 Å². The van der Waals surface area contributed by atoms with Crippen LogP contribution in [-0.2, 0) is 4.74 Å². The van der Waals surface area contributed by atoms with E-state index in [9.17, 15) is 0 Å². The van der Waals surface area contributed by atoms with E-state index in [4.69, 9.17) is 15.7 Å². The van der Waals surface area contributed by atoms with Crippen molar-refractivity contribution in [2.75, 3.05) is 18.2 Å². The van der Waals surface area contributed by atoms with Crippen molar-refractivity contribution in [1.29, 1.82) is 5.26 Å². The normalized spacial score (nSPS) is 25.0. The number of rotatable bonds is 3. The highest BCUT2D eigenvalue weighted by Gasteiger charge is 2.48. The summed E-state index contributed by atoms with van der Waals surface area (Å²) in [5.74, 6) is 0.640. The number of aromatic nitrogens is 1. The van der Waals surface area contributed by atoms with Crippen molar-refractivity contribution in [2.45, 2.75) is 32.4 Å². The van der Waals surface area contributed by atoms with Gasteiger partial charge in [0.15, 0.2) is 0 Å². The second-order valence-corrected chi connectivity index (χ2v) is 5.25. The average Bonchev–Trinajstić information content (AvgIpc) is 2.35. The summed E-state index contributed by atoms with van der Waals surface area (Å²) in [6.07, 6.45) is 2.72. The van der Waals surface area contributed by atoms with Crippen LogP contribution in [0.2, 0.25) is 0 Å². The lowest BCUT2D eigenvalue weighted by atomic mass is 9.64. The fourth-order valence-electron chi connectivity index (χ4n) is 2.36. The van der Waals surface area contributed by atoms with Crippen LogP contribution in [0.4, 0.5) is 11.5 Å². The number of nitrogens with zero attached hydrogens (tertiary/aromatic N) is 2. The highest BCUT2D eigenvalue weighted by Crippen LogP contribution is 2.44. The molecule has 5 heteroatoms. The Hall–Kier alpha value is -1.80. The van der Waals surface area contributed by atoms with Crippen LogP contribution < -0.4 is 11.1 Å². The van der Waals surface area contributed by atoms with Gasteiger partial charge in [0.05, 0.1) is 17.4 Å². The van der Waals surface area contributed by atoms with Crippen molar-refractivity contribution >= 4 is 11.5 Å². The topological polar surface area (TPSA) is 84.0 Å². The zero-order valence-corrected chi connectivity index (χ0v) is 10.9. The lowest BCUT2D eigenvalue weighted by molar-refractivity contribution is -0.0795. The van der Waals surface area contributed by atoms with Crippen molar-refractivity contribution < 1.29 is 4.74 Å². The molecule has 1 aromatic heterocycles. The van der Waals surface area contributed by atoms with Crippen LogP contribution in [0.15, 0.2) is 12.3 Å². The van der Waals surface area contributed by atoms with Gasteiger partial charge < -0.3 is 15.8 Å². The molecule has 2 rings (SSSR count). The molecule has 5 nitrogen and oxygen atoms in total. The zero-order valence-electron chi connectivity index (χ0n) is 10.9. The van der Waals surface area contributed by atoms with Crippen LogP contribution in [0.1, 0.15) is 25.8 Å². The summed E-state index contributed by atoms with van der Waals surface area (Å²) >= 11 is 0. The van der Waals surface area contributed by atoms with E-state index in [-0.39, 0.29) is 17.6 Å². The van der Waals surface area contributed by atoms with E-state index in [1.165, 1.54) is 6.20 Å². The molecule has 0 spiro atoms. The summed E-state index contributed by atoms with van der Waals surface area (Å²) < 4.78 is 5.40. The molecule has 0 saturated heterocycles. The van der Waals surface area contributed by atoms with Crippen LogP contribution in [0.5, 0.6) is 0 Å². The Bertz CT molecular complexity index is 492. The molecule has 1 heterocycles. The maximum Gasteiger partial charge on any atom is 0.149 e. The smallest absolute Gasteiger partial charge is 0.149 e. The molecule has 1 fully saturated rings. The first kappa shape index (κ1) is 12.7. The Labute approximate surface area is 107 Å². The third-order valence-corrected chi connectivity index (χ3v) is 3.82. The molecular formula is C13H18N4O. The third-order valence-electron chi connectivity index (χ3n) is 3.82. The summed E-state index contributed by atoms with van der Waals surface area (Å²) in [7, 11) is 1.73. The lowest BCUT2D eigenvalue weighted by Crippen LogP contribution is -2.57. The Balaban J connectivity index is 2.10. The SMILES string of the molecule is COC1CC(Nc2ncc(C#N)cc2N)C1(C)C. The summed E-state index contributed by atoms with van der Waals surface area (Å²) in [4.78, 5) is 4.19. The largest absolute Gasteiger partial charge is 0.396 e. The third kappa shape index (κ3) is 2.00. The summed E-state index contributed by atoms with van der Waals surface area (Å²) in [6, 6.07) is 3.93. The molecule has 0 radical (unpaired) electrons. The van der Waals surface area contributed by atoms with E-state index in [0.29, 0.717) is 17.1 Å². The number of hydrogen-bond acceptors (Lipinski definition) is 5. The quantitative estimate of drug-likeness (QED) is 0.849. The number of nitrogens with one attached hydrogen (secondary N) is 1. The van der Waals surface area contributed by atoms with E-state index >= 15 is 0 Å². The molecule has 18 heavy (non-hydrogen) atoms. The Morgan fingerprint density at radius 1 is 1.61 bits per heavy atom. The number of nitrogens with two attached hydrogens (primary N) is 1. The van der Waals surface area contributed by atoms with Gasteiger partial charge in [-0.2, -0.15) is 5.26 Å². The highest BCUT2D eigenvalue weighted by atomic mass is 16.5. The Morgan fingerprint density at radius 2 is 2.33 bits per heavy atom. The predicted octanol–water partition coefficient (Wildman–Crippen LogP) is 1.76. The number of methoxy groups -OCH3 is 1. The number of pyridine rings is 1. The molecule has 0 bridgehead atoms. The molecular weight excluding hydrogens is 228 g/mol. The monoisotopic (exact) mass is 246 g/mol. The minimum Gasteiger partial charge on any atom is -0.396 e. The summed E-state index contributed by atoms with van der Waals surface area (Å²) in [5.41, 5.74) is 6.90. The number of ether oxygens (including phenoxy) is 1. The van der Waals surface area contributed by atoms with Crippen molar-refractivity contribution in [3.8, 4) is 6.07 Å². The molecule has 1 saturated carbocycles. The van der Waals surface area contributed by atoms with Crippen LogP contribution in [0.3, 0.4) is 0 Å². The minimum atomic E-state index is 0.0524. The second kappa shape index (κ2) is 4.46. The van der Waals surface area contributed by atoms with Gasteiger partial charge in [0.1, 0.15) is 11.9 Å². The van der Waals surface area contributed by atoms with E-state index < -0.39 is 0 Å². The van der Waals surface area contributed by atoms with Crippen LogP contribution in [0.25, 0.3) is 0 Å². The zero-order chi connectivity index (χ0) is 13.3. The van der Waals surface area contributed by atoms with Gasteiger partial charge in [0, 0.05) is 24.8 Å². The van der Waals surface area contributed by atoms with Crippen LogP contribution >= 0.6 is 0 Å². The van der Waals surface area contributed by atoms with Crippen LogP contribution in [-0.4, -0.2) is 24.2 Å². The Morgan fingerprint density at radius 3 is 2.83 bits per heavy atom. The molecule has 1 aliphatic rings. The standard InChI is InChI=1S/C13H18N4O/c1-13(2)10(5-11(13)18-3)17-12-9(15)4-8(6-14)7-16-12/h4,7,10-11H,5,15H2,1-3H3,(H,16,17). The number of hydrogen-bond donors (Lipinski definition) is 2. The average molecular weight is 246 g/mol. The van der Waals surface area contributed by atoms with E-state index in [1.807, 2.05) is 6.07 Å². The van der Waals surface area contributed by atoms with Crippen molar-refractivity contribution in [3.63, 3.8) is 0 Å². The molecule has 96 valence electrons. The molecule has 3 N–H and O–H groups in total.